The maximum Gasteiger partial charge on any atom is 0.327 e. The lowest BCUT2D eigenvalue weighted by atomic mass is 10.1. The highest BCUT2D eigenvalue weighted by molar-refractivity contribution is 7.91. The van der Waals surface area contributed by atoms with Crippen LogP contribution in [-0.4, -0.2) is 42.9 Å². The van der Waals surface area contributed by atoms with Gasteiger partial charge < -0.3 is 10.4 Å². The van der Waals surface area contributed by atoms with Gasteiger partial charge in [0, 0.05) is 6.92 Å². The van der Waals surface area contributed by atoms with E-state index in [1.54, 1.807) is 0 Å². The van der Waals surface area contributed by atoms with Crippen LogP contribution in [0.2, 0.25) is 0 Å². The van der Waals surface area contributed by atoms with Crippen molar-refractivity contribution in [2.24, 2.45) is 5.92 Å². The van der Waals surface area contributed by atoms with Crippen LogP contribution in [0.25, 0.3) is 0 Å². The van der Waals surface area contributed by atoms with E-state index < -0.39 is 33.5 Å². The van der Waals surface area contributed by atoms with E-state index in [2.05, 4.69) is 5.32 Å². The summed E-state index contributed by atoms with van der Waals surface area (Å²) in [6.45, 7) is 4.95. The zero-order valence-corrected chi connectivity index (χ0v) is 11.8. The molecule has 0 aliphatic carbocycles. The van der Waals surface area contributed by atoms with Gasteiger partial charge in [-0.15, -0.1) is 0 Å². The quantitative estimate of drug-likeness (QED) is 0.671. The molecule has 0 aromatic heterocycles. The molecule has 7 heteroatoms. The van der Waals surface area contributed by atoms with E-state index in [9.17, 15) is 18.0 Å². The number of carbonyl (C=O) groups is 2. The van der Waals surface area contributed by atoms with Crippen LogP contribution >= 0.6 is 0 Å². The van der Waals surface area contributed by atoms with Crippen LogP contribution in [0.5, 0.6) is 0 Å². The molecular formula is C11H21NO5S. The van der Waals surface area contributed by atoms with Crippen molar-refractivity contribution in [2.75, 3.05) is 11.5 Å². The maximum absolute atomic E-state index is 11.8. The predicted octanol–water partition coefficient (Wildman–Crippen LogP) is 0.427. The lowest BCUT2D eigenvalue weighted by Gasteiger charge is -2.16. The highest BCUT2D eigenvalue weighted by Crippen LogP contribution is 2.12. The zero-order valence-electron chi connectivity index (χ0n) is 11.0. The van der Waals surface area contributed by atoms with Crippen LogP contribution in [0.3, 0.4) is 0 Å². The molecule has 18 heavy (non-hydrogen) atoms. The Hall–Kier alpha value is -1.11. The molecule has 106 valence electrons. The minimum absolute atomic E-state index is 0.0294. The SMILES string of the molecule is CCC(CC)CS(=O)(=O)CC(NC(C)=O)C(=O)O. The van der Waals surface area contributed by atoms with Gasteiger partial charge in [-0.2, -0.15) is 0 Å². The summed E-state index contributed by atoms with van der Waals surface area (Å²) < 4.78 is 23.7. The first-order valence-corrected chi connectivity index (χ1v) is 7.74. The lowest BCUT2D eigenvalue weighted by Crippen LogP contribution is -2.45. The molecule has 0 spiro atoms. The molecule has 1 amide bonds. The summed E-state index contributed by atoms with van der Waals surface area (Å²) in [5.41, 5.74) is 0. The van der Waals surface area contributed by atoms with Crippen LogP contribution in [0.1, 0.15) is 33.6 Å². The van der Waals surface area contributed by atoms with E-state index in [0.29, 0.717) is 0 Å². The molecule has 0 heterocycles. The topological polar surface area (TPSA) is 101 Å². The van der Waals surface area contributed by atoms with Crippen molar-refractivity contribution in [1.29, 1.82) is 0 Å². The van der Waals surface area contributed by atoms with Gasteiger partial charge >= 0.3 is 5.97 Å². The van der Waals surface area contributed by atoms with Crippen molar-refractivity contribution < 1.29 is 23.1 Å². The number of nitrogens with one attached hydrogen (secondary N) is 1. The number of carboxylic acids is 1. The summed E-state index contributed by atoms with van der Waals surface area (Å²) in [6.07, 6.45) is 1.46. The van der Waals surface area contributed by atoms with Gasteiger partial charge in [-0.05, 0) is 5.92 Å². The number of hydrogen-bond donors (Lipinski definition) is 2. The Morgan fingerprint density at radius 3 is 2.00 bits per heavy atom. The summed E-state index contributed by atoms with van der Waals surface area (Å²) in [6, 6.07) is -1.37. The number of amides is 1. The summed E-state index contributed by atoms with van der Waals surface area (Å²) in [5, 5.41) is 11.0. The monoisotopic (exact) mass is 279 g/mol. The standard InChI is InChI=1S/C11H21NO5S/c1-4-9(5-2)6-18(16,17)7-10(11(14)15)12-8(3)13/h9-10H,4-7H2,1-3H3,(H,12,13)(H,14,15). The molecule has 0 bridgehead atoms. The number of carboxylic acid groups (broad SMARTS) is 1. The lowest BCUT2D eigenvalue weighted by molar-refractivity contribution is -0.140. The number of hydrogen-bond acceptors (Lipinski definition) is 4. The molecule has 6 nitrogen and oxygen atoms in total. The number of rotatable bonds is 8. The Morgan fingerprint density at radius 2 is 1.67 bits per heavy atom. The molecular weight excluding hydrogens is 258 g/mol. The first-order chi connectivity index (χ1) is 8.21. The van der Waals surface area contributed by atoms with E-state index >= 15 is 0 Å². The van der Waals surface area contributed by atoms with Crippen LogP contribution in [-0.2, 0) is 19.4 Å². The Labute approximate surface area is 108 Å². The Kier molecular flexibility index (Phi) is 6.90. The van der Waals surface area contributed by atoms with Gasteiger partial charge in [0.25, 0.3) is 0 Å². The zero-order chi connectivity index (χ0) is 14.3. The van der Waals surface area contributed by atoms with Crippen LogP contribution in [0, 0.1) is 5.92 Å². The summed E-state index contributed by atoms with van der Waals surface area (Å²) in [4.78, 5) is 21.7. The Bertz CT molecular complexity index is 386. The first-order valence-electron chi connectivity index (χ1n) is 5.92. The Balaban J connectivity index is 4.70. The van der Waals surface area contributed by atoms with E-state index in [0.717, 1.165) is 19.8 Å². The van der Waals surface area contributed by atoms with Gasteiger partial charge in [0.1, 0.15) is 6.04 Å². The third-order valence-electron chi connectivity index (χ3n) is 2.74. The van der Waals surface area contributed by atoms with Gasteiger partial charge in [0.05, 0.1) is 11.5 Å². The van der Waals surface area contributed by atoms with Crippen molar-refractivity contribution in [3.05, 3.63) is 0 Å². The number of aliphatic carboxylic acids is 1. The van der Waals surface area contributed by atoms with Crippen LogP contribution in [0.4, 0.5) is 0 Å². The van der Waals surface area contributed by atoms with E-state index in [-0.39, 0.29) is 11.7 Å². The summed E-state index contributed by atoms with van der Waals surface area (Å²) >= 11 is 0. The molecule has 0 saturated heterocycles. The fraction of sp³-hybridized carbons (Fsp3) is 0.818. The number of carbonyl (C=O) groups excluding carboxylic acids is 1. The second-order valence-corrected chi connectivity index (χ2v) is 6.50. The normalized spacial score (nSPS) is 13.3. The highest BCUT2D eigenvalue weighted by atomic mass is 32.2. The van der Waals surface area contributed by atoms with E-state index in [1.165, 1.54) is 0 Å². The smallest absolute Gasteiger partial charge is 0.327 e. The highest BCUT2D eigenvalue weighted by Gasteiger charge is 2.27. The van der Waals surface area contributed by atoms with Crippen molar-refractivity contribution in [3.63, 3.8) is 0 Å². The molecule has 0 aromatic carbocycles. The molecule has 0 aromatic rings. The average molecular weight is 279 g/mol. The summed E-state index contributed by atoms with van der Waals surface area (Å²) in [5.74, 6) is -2.46. The van der Waals surface area contributed by atoms with Gasteiger partial charge in [-0.25, -0.2) is 13.2 Å². The third-order valence-corrected chi connectivity index (χ3v) is 4.56. The van der Waals surface area contributed by atoms with Gasteiger partial charge in [0.15, 0.2) is 9.84 Å². The van der Waals surface area contributed by atoms with E-state index in [4.69, 9.17) is 5.11 Å². The van der Waals surface area contributed by atoms with Gasteiger partial charge in [-0.1, -0.05) is 26.7 Å². The molecule has 0 saturated carbocycles. The third kappa shape index (κ3) is 6.58. The minimum atomic E-state index is -3.49. The summed E-state index contributed by atoms with van der Waals surface area (Å²) in [7, 11) is -3.49. The molecule has 0 fully saturated rings. The van der Waals surface area contributed by atoms with Crippen LogP contribution < -0.4 is 5.32 Å². The van der Waals surface area contributed by atoms with E-state index in [1.807, 2.05) is 13.8 Å². The second-order valence-electron chi connectivity index (χ2n) is 4.35. The minimum Gasteiger partial charge on any atom is -0.480 e. The largest absolute Gasteiger partial charge is 0.480 e. The van der Waals surface area contributed by atoms with Crippen molar-refractivity contribution >= 4 is 21.7 Å². The predicted molar refractivity (Wildman–Crippen MR) is 68.0 cm³/mol. The second kappa shape index (κ2) is 7.35. The van der Waals surface area contributed by atoms with Crippen molar-refractivity contribution in [2.45, 2.75) is 39.7 Å². The molecule has 0 aliphatic heterocycles. The van der Waals surface area contributed by atoms with Crippen LogP contribution in [0.15, 0.2) is 0 Å². The fourth-order valence-electron chi connectivity index (χ4n) is 1.63. The van der Waals surface area contributed by atoms with Gasteiger partial charge in [0.2, 0.25) is 5.91 Å². The van der Waals surface area contributed by atoms with Gasteiger partial charge in [-0.3, -0.25) is 4.79 Å². The molecule has 0 radical (unpaired) electrons. The fourth-order valence-corrected chi connectivity index (χ4v) is 3.69. The molecule has 1 unspecified atom stereocenters. The molecule has 1 atom stereocenters. The number of sulfone groups is 1. The molecule has 0 rings (SSSR count). The average Bonchev–Trinajstić information content (AvgIpc) is 2.23. The van der Waals surface area contributed by atoms with Crippen molar-refractivity contribution in [1.82, 2.24) is 5.32 Å². The molecule has 0 aliphatic rings. The Morgan fingerprint density at radius 1 is 1.17 bits per heavy atom. The van der Waals surface area contributed by atoms with Crippen molar-refractivity contribution in [3.8, 4) is 0 Å². The molecule has 2 N–H and O–H groups in total. The maximum atomic E-state index is 11.8. The first kappa shape index (κ1) is 16.9.